The van der Waals surface area contributed by atoms with Crippen molar-refractivity contribution in [2.24, 2.45) is 0 Å². The number of nitrogens with one attached hydrogen (secondary N) is 2. The molecule has 112 valence electrons. The molecule has 3 N–H and O–H groups in total. The lowest BCUT2D eigenvalue weighted by Gasteiger charge is -2.09. The number of aliphatic hydroxyl groups excluding tert-OH is 1. The molecule has 22 heavy (non-hydrogen) atoms. The first kappa shape index (κ1) is 15.5. The molecule has 0 bridgehead atoms. The molecule has 0 atom stereocenters. The fraction of sp³-hybridized carbons (Fsp3) is 0.176. The van der Waals surface area contributed by atoms with Crippen LogP contribution in [-0.2, 0) is 6.54 Å². The predicted octanol–water partition coefficient (Wildman–Crippen LogP) is 1.89. The minimum atomic E-state index is -0.227. The summed E-state index contributed by atoms with van der Waals surface area (Å²) < 4.78 is 0. The Labute approximate surface area is 129 Å². The molecule has 0 heterocycles. The summed E-state index contributed by atoms with van der Waals surface area (Å²) in [6, 6.07) is 16.6. The second-order valence-electron chi connectivity index (χ2n) is 4.68. The standard InChI is InChI=1S/C17H17N3O2/c18-11-14-4-1-2-5-15(14)12-20-16-7-3-6-13(10-16)17(22)19-8-9-21/h1-7,10,20-21H,8-9,12H2,(H,19,22). The Kier molecular flexibility index (Phi) is 5.52. The van der Waals surface area contributed by atoms with Gasteiger partial charge in [0.05, 0.1) is 18.2 Å². The van der Waals surface area contributed by atoms with Crippen LogP contribution in [0.2, 0.25) is 0 Å². The highest BCUT2D eigenvalue weighted by molar-refractivity contribution is 5.95. The molecule has 1 amide bonds. The van der Waals surface area contributed by atoms with Crippen molar-refractivity contribution in [1.82, 2.24) is 5.32 Å². The van der Waals surface area contributed by atoms with E-state index in [-0.39, 0.29) is 19.1 Å². The van der Waals surface area contributed by atoms with Crippen LogP contribution in [0.25, 0.3) is 0 Å². The van der Waals surface area contributed by atoms with Gasteiger partial charge in [-0.3, -0.25) is 4.79 Å². The maximum Gasteiger partial charge on any atom is 0.251 e. The van der Waals surface area contributed by atoms with Crippen molar-refractivity contribution in [3.8, 4) is 6.07 Å². The lowest BCUT2D eigenvalue weighted by molar-refractivity contribution is 0.0945. The lowest BCUT2D eigenvalue weighted by Crippen LogP contribution is -2.26. The van der Waals surface area contributed by atoms with E-state index in [1.54, 1.807) is 24.3 Å². The second-order valence-corrected chi connectivity index (χ2v) is 4.68. The third kappa shape index (κ3) is 4.08. The van der Waals surface area contributed by atoms with Crippen molar-refractivity contribution < 1.29 is 9.90 Å². The van der Waals surface area contributed by atoms with Crippen molar-refractivity contribution in [3.05, 3.63) is 65.2 Å². The Hall–Kier alpha value is -2.84. The molecule has 0 saturated heterocycles. The quantitative estimate of drug-likeness (QED) is 0.759. The molecule has 0 fully saturated rings. The molecule has 0 unspecified atom stereocenters. The Morgan fingerprint density at radius 1 is 1.18 bits per heavy atom. The second kappa shape index (κ2) is 7.81. The molecular weight excluding hydrogens is 278 g/mol. The molecule has 0 aliphatic heterocycles. The average molecular weight is 295 g/mol. The van der Waals surface area contributed by atoms with E-state index < -0.39 is 0 Å². The van der Waals surface area contributed by atoms with Crippen molar-refractivity contribution >= 4 is 11.6 Å². The number of hydrogen-bond donors (Lipinski definition) is 3. The summed E-state index contributed by atoms with van der Waals surface area (Å²) >= 11 is 0. The number of benzene rings is 2. The van der Waals surface area contributed by atoms with E-state index >= 15 is 0 Å². The zero-order valence-electron chi connectivity index (χ0n) is 12.0. The monoisotopic (exact) mass is 295 g/mol. The van der Waals surface area contributed by atoms with E-state index in [4.69, 9.17) is 10.4 Å². The van der Waals surface area contributed by atoms with E-state index in [9.17, 15) is 4.79 Å². The number of hydrogen-bond acceptors (Lipinski definition) is 4. The summed E-state index contributed by atoms with van der Waals surface area (Å²) in [4.78, 5) is 11.8. The molecule has 0 spiro atoms. The molecule has 5 heteroatoms. The number of nitriles is 1. The first-order chi connectivity index (χ1) is 10.7. The van der Waals surface area contributed by atoms with E-state index in [0.29, 0.717) is 17.7 Å². The lowest BCUT2D eigenvalue weighted by atomic mass is 10.1. The Morgan fingerprint density at radius 2 is 2.00 bits per heavy atom. The topological polar surface area (TPSA) is 85.2 Å². The first-order valence-electron chi connectivity index (χ1n) is 6.95. The Bertz CT molecular complexity index is 692. The van der Waals surface area contributed by atoms with Gasteiger partial charge in [0.1, 0.15) is 0 Å². The number of aliphatic hydroxyl groups is 1. The molecular formula is C17H17N3O2. The number of carbonyl (C=O) groups excluding carboxylic acids is 1. The van der Waals surface area contributed by atoms with Crippen LogP contribution in [-0.4, -0.2) is 24.2 Å². The van der Waals surface area contributed by atoms with E-state index in [1.165, 1.54) is 0 Å². The summed E-state index contributed by atoms with van der Waals surface area (Å²) in [5.74, 6) is -0.227. The fourth-order valence-corrected chi connectivity index (χ4v) is 2.02. The van der Waals surface area contributed by atoms with Gasteiger partial charge in [0.25, 0.3) is 5.91 Å². The van der Waals surface area contributed by atoms with E-state index in [1.807, 2.05) is 24.3 Å². The molecule has 0 aliphatic rings. The smallest absolute Gasteiger partial charge is 0.251 e. The molecule has 0 saturated carbocycles. The highest BCUT2D eigenvalue weighted by Crippen LogP contribution is 2.14. The van der Waals surface area contributed by atoms with Gasteiger partial charge in [0.2, 0.25) is 0 Å². The van der Waals surface area contributed by atoms with Gasteiger partial charge in [-0.15, -0.1) is 0 Å². The summed E-state index contributed by atoms with van der Waals surface area (Å²) in [5, 5.41) is 23.6. The van der Waals surface area contributed by atoms with Gasteiger partial charge in [-0.2, -0.15) is 5.26 Å². The zero-order valence-corrected chi connectivity index (χ0v) is 12.0. The maximum absolute atomic E-state index is 11.8. The van der Waals surface area contributed by atoms with Gasteiger partial charge in [-0.25, -0.2) is 0 Å². The third-order valence-corrected chi connectivity index (χ3v) is 3.14. The number of amides is 1. The first-order valence-corrected chi connectivity index (χ1v) is 6.95. The number of anilines is 1. The van der Waals surface area contributed by atoms with Gasteiger partial charge in [0.15, 0.2) is 0 Å². The van der Waals surface area contributed by atoms with Gasteiger partial charge in [0, 0.05) is 24.3 Å². The van der Waals surface area contributed by atoms with E-state index in [2.05, 4.69) is 16.7 Å². The van der Waals surface area contributed by atoms with Crippen molar-refractivity contribution in [2.75, 3.05) is 18.5 Å². The van der Waals surface area contributed by atoms with Crippen LogP contribution in [0.5, 0.6) is 0 Å². The van der Waals surface area contributed by atoms with Crippen LogP contribution in [0.15, 0.2) is 48.5 Å². The predicted molar refractivity (Wildman–Crippen MR) is 84.3 cm³/mol. The summed E-state index contributed by atoms with van der Waals surface area (Å²) in [6.45, 7) is 0.645. The molecule has 0 aromatic heterocycles. The van der Waals surface area contributed by atoms with Crippen LogP contribution >= 0.6 is 0 Å². The number of nitrogens with zero attached hydrogens (tertiary/aromatic N) is 1. The van der Waals surface area contributed by atoms with Crippen molar-refractivity contribution in [3.63, 3.8) is 0 Å². The maximum atomic E-state index is 11.8. The number of carbonyl (C=O) groups is 1. The van der Waals surface area contributed by atoms with Crippen LogP contribution in [0, 0.1) is 11.3 Å². The van der Waals surface area contributed by atoms with Crippen molar-refractivity contribution in [2.45, 2.75) is 6.54 Å². The SMILES string of the molecule is N#Cc1ccccc1CNc1cccc(C(=O)NCCO)c1. The van der Waals surface area contributed by atoms with Crippen LogP contribution in [0.3, 0.4) is 0 Å². The summed E-state index contributed by atoms with van der Waals surface area (Å²) in [5.41, 5.74) is 2.85. The molecule has 5 nitrogen and oxygen atoms in total. The van der Waals surface area contributed by atoms with Gasteiger partial charge in [-0.1, -0.05) is 24.3 Å². The molecule has 2 rings (SSSR count). The van der Waals surface area contributed by atoms with Crippen LogP contribution in [0.1, 0.15) is 21.5 Å². The van der Waals surface area contributed by atoms with Crippen LogP contribution < -0.4 is 10.6 Å². The molecule has 2 aromatic rings. The fourth-order valence-electron chi connectivity index (χ4n) is 2.02. The average Bonchev–Trinajstić information content (AvgIpc) is 2.58. The van der Waals surface area contributed by atoms with Gasteiger partial charge in [-0.05, 0) is 29.8 Å². The highest BCUT2D eigenvalue weighted by Gasteiger charge is 2.06. The van der Waals surface area contributed by atoms with Gasteiger partial charge < -0.3 is 15.7 Å². The largest absolute Gasteiger partial charge is 0.395 e. The number of rotatable bonds is 6. The minimum Gasteiger partial charge on any atom is -0.395 e. The normalized spacial score (nSPS) is 9.82. The van der Waals surface area contributed by atoms with Crippen LogP contribution in [0.4, 0.5) is 5.69 Å². The zero-order chi connectivity index (χ0) is 15.8. The summed E-state index contributed by atoms with van der Waals surface area (Å²) in [6.07, 6.45) is 0. The minimum absolute atomic E-state index is 0.0887. The Morgan fingerprint density at radius 3 is 2.77 bits per heavy atom. The summed E-state index contributed by atoms with van der Waals surface area (Å²) in [7, 11) is 0. The van der Waals surface area contributed by atoms with Crippen molar-refractivity contribution in [1.29, 1.82) is 5.26 Å². The Balaban J connectivity index is 2.05. The van der Waals surface area contributed by atoms with E-state index in [0.717, 1.165) is 11.3 Å². The third-order valence-electron chi connectivity index (χ3n) is 3.14. The molecule has 2 aromatic carbocycles. The highest BCUT2D eigenvalue weighted by atomic mass is 16.3. The molecule has 0 radical (unpaired) electrons. The molecule has 0 aliphatic carbocycles. The van der Waals surface area contributed by atoms with Gasteiger partial charge >= 0.3 is 0 Å².